The highest BCUT2D eigenvalue weighted by Gasteiger charge is 2.03. The Bertz CT molecular complexity index is 337. The molecule has 0 amide bonds. The van der Waals surface area contributed by atoms with E-state index in [0.717, 1.165) is 16.5 Å². The Hall–Kier alpha value is -1.09. The summed E-state index contributed by atoms with van der Waals surface area (Å²) in [6.07, 6.45) is 1.73. The topological polar surface area (TPSA) is 26.0 Å². The average Bonchev–Trinajstić information content (AvgIpc) is 2.55. The Morgan fingerprint density at radius 2 is 2.45 bits per heavy atom. The summed E-state index contributed by atoms with van der Waals surface area (Å²) in [6, 6.07) is 3.98. The lowest BCUT2D eigenvalue weighted by Crippen LogP contribution is -1.65. The van der Waals surface area contributed by atoms with Gasteiger partial charge in [0.1, 0.15) is 5.76 Å². The standard InChI is InChI=1S/C8H7NOS/c1-6-5-9-8(10-6)7-3-2-4-11-7/h2-5H,1H3. The molecule has 2 aromatic heterocycles. The molecule has 56 valence electrons. The van der Waals surface area contributed by atoms with E-state index in [2.05, 4.69) is 4.98 Å². The quantitative estimate of drug-likeness (QED) is 0.649. The summed E-state index contributed by atoms with van der Waals surface area (Å²) in [5.41, 5.74) is 0. The number of hydrogen-bond donors (Lipinski definition) is 0. The lowest BCUT2D eigenvalue weighted by atomic mass is 10.5. The largest absolute Gasteiger partial charge is 0.441 e. The summed E-state index contributed by atoms with van der Waals surface area (Å²) in [6.45, 7) is 1.89. The molecule has 2 rings (SSSR count). The molecule has 0 N–H and O–H groups in total. The molecule has 0 saturated carbocycles. The van der Waals surface area contributed by atoms with Gasteiger partial charge in [0.15, 0.2) is 0 Å². The molecule has 0 aliphatic rings. The molecule has 0 unspecified atom stereocenters. The van der Waals surface area contributed by atoms with Crippen molar-refractivity contribution in [3.63, 3.8) is 0 Å². The van der Waals surface area contributed by atoms with Crippen LogP contribution in [0.15, 0.2) is 28.1 Å². The van der Waals surface area contributed by atoms with Crippen molar-refractivity contribution in [1.29, 1.82) is 0 Å². The fraction of sp³-hybridized carbons (Fsp3) is 0.125. The zero-order valence-corrected chi connectivity index (χ0v) is 6.89. The van der Waals surface area contributed by atoms with E-state index in [1.807, 2.05) is 24.4 Å². The fourth-order valence-corrected chi connectivity index (χ4v) is 1.52. The first-order valence-electron chi connectivity index (χ1n) is 3.32. The van der Waals surface area contributed by atoms with Crippen LogP contribution in [-0.4, -0.2) is 4.98 Å². The van der Waals surface area contributed by atoms with Gasteiger partial charge in [-0.1, -0.05) is 6.07 Å². The van der Waals surface area contributed by atoms with Gasteiger partial charge in [-0.05, 0) is 18.4 Å². The Balaban J connectivity index is 2.45. The third-order valence-corrected chi connectivity index (χ3v) is 2.21. The Kier molecular flexibility index (Phi) is 1.51. The molecular formula is C8H7NOS. The zero-order valence-electron chi connectivity index (χ0n) is 6.07. The van der Waals surface area contributed by atoms with Gasteiger partial charge in [-0.15, -0.1) is 11.3 Å². The van der Waals surface area contributed by atoms with E-state index < -0.39 is 0 Å². The van der Waals surface area contributed by atoms with Crippen LogP contribution in [0.5, 0.6) is 0 Å². The van der Waals surface area contributed by atoms with Crippen molar-refractivity contribution in [3.05, 3.63) is 29.5 Å². The first-order chi connectivity index (χ1) is 5.36. The highest BCUT2D eigenvalue weighted by Crippen LogP contribution is 2.23. The van der Waals surface area contributed by atoms with Gasteiger partial charge in [-0.3, -0.25) is 0 Å². The summed E-state index contributed by atoms with van der Waals surface area (Å²) >= 11 is 1.63. The van der Waals surface area contributed by atoms with E-state index in [1.54, 1.807) is 17.5 Å². The first-order valence-corrected chi connectivity index (χ1v) is 4.20. The fourth-order valence-electron chi connectivity index (χ4n) is 0.869. The monoisotopic (exact) mass is 165 g/mol. The van der Waals surface area contributed by atoms with Crippen LogP contribution in [0.3, 0.4) is 0 Å². The molecule has 0 saturated heterocycles. The van der Waals surface area contributed by atoms with Crippen LogP contribution in [0.25, 0.3) is 10.8 Å². The van der Waals surface area contributed by atoms with Crippen LogP contribution in [0, 0.1) is 6.92 Å². The van der Waals surface area contributed by atoms with E-state index in [-0.39, 0.29) is 0 Å². The van der Waals surface area contributed by atoms with Crippen LogP contribution in [0.1, 0.15) is 5.76 Å². The predicted molar refractivity (Wildman–Crippen MR) is 44.6 cm³/mol. The molecule has 3 heteroatoms. The first kappa shape index (κ1) is 6.61. The Labute approximate surface area is 68.5 Å². The molecule has 11 heavy (non-hydrogen) atoms. The minimum atomic E-state index is 0.720. The second-order valence-corrected chi connectivity index (χ2v) is 3.20. The van der Waals surface area contributed by atoms with Crippen LogP contribution in [0.4, 0.5) is 0 Å². The molecule has 0 fully saturated rings. The maximum Gasteiger partial charge on any atom is 0.236 e. The minimum absolute atomic E-state index is 0.720. The van der Waals surface area contributed by atoms with Crippen LogP contribution < -0.4 is 0 Å². The number of aromatic nitrogens is 1. The second-order valence-electron chi connectivity index (χ2n) is 2.25. The van der Waals surface area contributed by atoms with Gasteiger partial charge in [0.2, 0.25) is 5.89 Å². The van der Waals surface area contributed by atoms with Crippen molar-refractivity contribution >= 4 is 11.3 Å². The van der Waals surface area contributed by atoms with Crippen molar-refractivity contribution in [2.75, 3.05) is 0 Å². The van der Waals surface area contributed by atoms with Crippen molar-refractivity contribution < 1.29 is 4.42 Å². The Morgan fingerprint density at radius 3 is 3.00 bits per heavy atom. The SMILES string of the molecule is Cc1cnc(-c2cccs2)o1. The Morgan fingerprint density at radius 1 is 1.55 bits per heavy atom. The molecule has 2 heterocycles. The molecule has 0 bridgehead atoms. The summed E-state index contributed by atoms with van der Waals surface area (Å²) in [4.78, 5) is 5.18. The van der Waals surface area contributed by atoms with Gasteiger partial charge in [0, 0.05) is 0 Å². The number of oxazole rings is 1. The summed E-state index contributed by atoms with van der Waals surface area (Å²) in [5, 5.41) is 2.01. The predicted octanol–water partition coefficient (Wildman–Crippen LogP) is 2.71. The molecule has 0 aliphatic carbocycles. The molecule has 2 aromatic rings. The lowest BCUT2D eigenvalue weighted by Gasteiger charge is -1.84. The van der Waals surface area contributed by atoms with Crippen molar-refractivity contribution in [1.82, 2.24) is 4.98 Å². The van der Waals surface area contributed by atoms with Crippen LogP contribution >= 0.6 is 11.3 Å². The zero-order chi connectivity index (χ0) is 7.68. The molecule has 0 atom stereocenters. The van der Waals surface area contributed by atoms with Crippen molar-refractivity contribution in [2.24, 2.45) is 0 Å². The molecule has 2 nitrogen and oxygen atoms in total. The minimum Gasteiger partial charge on any atom is -0.441 e. The van der Waals surface area contributed by atoms with Gasteiger partial charge in [-0.25, -0.2) is 4.98 Å². The number of aryl methyl sites for hydroxylation is 1. The van der Waals surface area contributed by atoms with Gasteiger partial charge >= 0.3 is 0 Å². The van der Waals surface area contributed by atoms with E-state index in [1.165, 1.54) is 0 Å². The lowest BCUT2D eigenvalue weighted by molar-refractivity contribution is 0.544. The smallest absolute Gasteiger partial charge is 0.236 e. The summed E-state index contributed by atoms with van der Waals surface area (Å²) < 4.78 is 5.33. The number of thiophene rings is 1. The van der Waals surface area contributed by atoms with Gasteiger partial charge in [0.25, 0.3) is 0 Å². The maximum absolute atomic E-state index is 5.33. The van der Waals surface area contributed by atoms with Gasteiger partial charge in [0.05, 0.1) is 11.1 Å². The number of hydrogen-bond acceptors (Lipinski definition) is 3. The highest BCUT2D eigenvalue weighted by molar-refractivity contribution is 7.13. The van der Waals surface area contributed by atoms with Crippen molar-refractivity contribution in [2.45, 2.75) is 6.92 Å². The van der Waals surface area contributed by atoms with Gasteiger partial charge in [-0.2, -0.15) is 0 Å². The highest BCUT2D eigenvalue weighted by atomic mass is 32.1. The maximum atomic E-state index is 5.33. The third-order valence-electron chi connectivity index (χ3n) is 1.35. The number of nitrogens with zero attached hydrogens (tertiary/aromatic N) is 1. The normalized spacial score (nSPS) is 10.3. The summed E-state index contributed by atoms with van der Waals surface area (Å²) in [7, 11) is 0. The molecule has 0 spiro atoms. The van der Waals surface area contributed by atoms with E-state index in [0.29, 0.717) is 0 Å². The van der Waals surface area contributed by atoms with E-state index >= 15 is 0 Å². The number of rotatable bonds is 1. The molecular weight excluding hydrogens is 158 g/mol. The van der Waals surface area contributed by atoms with Crippen LogP contribution in [-0.2, 0) is 0 Å². The van der Waals surface area contributed by atoms with Crippen molar-refractivity contribution in [3.8, 4) is 10.8 Å². The average molecular weight is 165 g/mol. The third kappa shape index (κ3) is 1.19. The van der Waals surface area contributed by atoms with Gasteiger partial charge < -0.3 is 4.42 Å². The second kappa shape index (κ2) is 2.51. The molecule has 0 radical (unpaired) electrons. The van der Waals surface area contributed by atoms with Crippen LogP contribution in [0.2, 0.25) is 0 Å². The molecule has 0 aromatic carbocycles. The molecule has 0 aliphatic heterocycles. The summed E-state index contributed by atoms with van der Waals surface area (Å²) in [5.74, 6) is 1.57. The van der Waals surface area contributed by atoms with E-state index in [9.17, 15) is 0 Å². The van der Waals surface area contributed by atoms with E-state index in [4.69, 9.17) is 4.42 Å².